The van der Waals surface area contributed by atoms with E-state index in [1.807, 2.05) is 6.92 Å². The molecule has 2 amide bonds. The smallest absolute Gasteiger partial charge is 0.378 e. The molecule has 6 nitrogen and oxygen atoms in total. The van der Waals surface area contributed by atoms with Crippen LogP contribution in [0.4, 0.5) is 18.9 Å². The summed E-state index contributed by atoms with van der Waals surface area (Å²) in [6.45, 7) is 1.12. The van der Waals surface area contributed by atoms with Gasteiger partial charge in [-0.05, 0) is 24.1 Å². The third-order valence-electron chi connectivity index (χ3n) is 4.11. The number of hydrogen-bond acceptors (Lipinski definition) is 4. The Morgan fingerprint density at radius 2 is 1.96 bits per heavy atom. The van der Waals surface area contributed by atoms with Crippen LogP contribution in [0.5, 0.6) is 0 Å². The second-order valence-electron chi connectivity index (χ2n) is 6.39. The summed E-state index contributed by atoms with van der Waals surface area (Å²) in [5.74, 6) is -0.570. The molecule has 1 unspecified atom stereocenters. The van der Waals surface area contributed by atoms with Gasteiger partial charge in [0.1, 0.15) is 6.04 Å². The molecule has 1 heterocycles. The Balaban J connectivity index is 1.87. The Kier molecular flexibility index (Phi) is 7.61. The largest absolute Gasteiger partial charge is 0.401 e. The Bertz CT molecular complexity index is 635. The molecule has 0 radical (unpaired) electrons. The first-order chi connectivity index (χ1) is 12.8. The van der Waals surface area contributed by atoms with Gasteiger partial charge in [0, 0.05) is 25.2 Å². The van der Waals surface area contributed by atoms with Crippen LogP contribution in [-0.4, -0.2) is 55.2 Å². The minimum absolute atomic E-state index is 0.0593. The summed E-state index contributed by atoms with van der Waals surface area (Å²) < 4.78 is 43.1. The summed E-state index contributed by atoms with van der Waals surface area (Å²) in [5, 5.41) is 5.41. The average molecular weight is 387 g/mol. The number of alkyl halides is 3. The average Bonchev–Trinajstić information content (AvgIpc) is 2.60. The number of morpholine rings is 1. The Morgan fingerprint density at radius 3 is 2.59 bits per heavy atom. The minimum Gasteiger partial charge on any atom is -0.378 e. The van der Waals surface area contributed by atoms with Gasteiger partial charge in [-0.3, -0.25) is 14.5 Å². The first-order valence-corrected chi connectivity index (χ1v) is 8.83. The van der Waals surface area contributed by atoms with Crippen LogP contribution in [0.25, 0.3) is 0 Å². The molecule has 1 saturated heterocycles. The number of rotatable bonds is 7. The van der Waals surface area contributed by atoms with E-state index in [0.717, 1.165) is 16.9 Å². The fourth-order valence-electron chi connectivity index (χ4n) is 2.76. The highest BCUT2D eigenvalue weighted by molar-refractivity contribution is 5.90. The Morgan fingerprint density at radius 1 is 1.26 bits per heavy atom. The number of nitrogens with zero attached hydrogens (tertiary/aromatic N) is 1. The molecule has 0 saturated carbocycles. The lowest BCUT2D eigenvalue weighted by Crippen LogP contribution is -2.55. The molecule has 27 heavy (non-hydrogen) atoms. The van der Waals surface area contributed by atoms with Crippen molar-refractivity contribution >= 4 is 17.5 Å². The van der Waals surface area contributed by atoms with Crippen molar-refractivity contribution in [3.05, 3.63) is 29.8 Å². The molecule has 150 valence electrons. The van der Waals surface area contributed by atoms with E-state index < -0.39 is 24.7 Å². The zero-order valence-corrected chi connectivity index (χ0v) is 15.1. The maximum Gasteiger partial charge on any atom is 0.401 e. The molecule has 1 atom stereocenters. The zero-order valence-electron chi connectivity index (χ0n) is 15.1. The van der Waals surface area contributed by atoms with E-state index in [0.29, 0.717) is 12.1 Å². The van der Waals surface area contributed by atoms with Crippen LogP contribution >= 0.6 is 0 Å². The van der Waals surface area contributed by atoms with Crippen LogP contribution in [0.3, 0.4) is 0 Å². The number of ether oxygens (including phenoxy) is 1. The van der Waals surface area contributed by atoms with Crippen LogP contribution in [0, 0.1) is 0 Å². The number of hydrogen-bond donors (Lipinski definition) is 2. The lowest BCUT2D eigenvalue weighted by molar-refractivity contribution is -0.166. The van der Waals surface area contributed by atoms with E-state index in [9.17, 15) is 22.8 Å². The molecule has 2 rings (SSSR count). The van der Waals surface area contributed by atoms with Gasteiger partial charge in [-0.1, -0.05) is 19.1 Å². The number of halogens is 3. The van der Waals surface area contributed by atoms with Crippen molar-refractivity contribution in [2.24, 2.45) is 0 Å². The number of carbonyl (C=O) groups is 2. The highest BCUT2D eigenvalue weighted by atomic mass is 19.4. The quantitative estimate of drug-likeness (QED) is 0.753. The normalized spacial score (nSPS) is 18.1. The van der Waals surface area contributed by atoms with Crippen molar-refractivity contribution in [2.75, 3.05) is 31.6 Å². The lowest BCUT2D eigenvalue weighted by Gasteiger charge is -2.34. The molecule has 9 heteroatoms. The fraction of sp³-hybridized carbons (Fsp3) is 0.556. The topological polar surface area (TPSA) is 70.7 Å². The van der Waals surface area contributed by atoms with Crippen molar-refractivity contribution < 1.29 is 27.5 Å². The van der Waals surface area contributed by atoms with Crippen molar-refractivity contribution in [3.8, 4) is 0 Å². The van der Waals surface area contributed by atoms with Crippen molar-refractivity contribution in [3.63, 3.8) is 0 Å². The predicted molar refractivity (Wildman–Crippen MR) is 94.1 cm³/mol. The maximum atomic E-state index is 12.7. The van der Waals surface area contributed by atoms with Gasteiger partial charge in [-0.2, -0.15) is 13.2 Å². The van der Waals surface area contributed by atoms with Gasteiger partial charge >= 0.3 is 6.18 Å². The molecule has 1 fully saturated rings. The monoisotopic (exact) mass is 387 g/mol. The Hall–Kier alpha value is -2.13. The van der Waals surface area contributed by atoms with Gasteiger partial charge in [-0.15, -0.1) is 0 Å². The van der Waals surface area contributed by atoms with Crippen LogP contribution in [0.15, 0.2) is 24.3 Å². The molecule has 0 aliphatic carbocycles. The Labute approximate surface area is 156 Å². The summed E-state index contributed by atoms with van der Waals surface area (Å²) in [6.07, 6.45) is -3.17. The second kappa shape index (κ2) is 9.70. The van der Waals surface area contributed by atoms with E-state index in [2.05, 4.69) is 10.6 Å². The van der Waals surface area contributed by atoms with Crippen LogP contribution in [0.1, 0.15) is 25.3 Å². The zero-order chi connectivity index (χ0) is 19.9. The van der Waals surface area contributed by atoms with Crippen molar-refractivity contribution in [1.82, 2.24) is 10.2 Å². The van der Waals surface area contributed by atoms with E-state index in [1.54, 1.807) is 24.3 Å². The fourth-order valence-corrected chi connectivity index (χ4v) is 2.76. The maximum absolute atomic E-state index is 12.7. The minimum atomic E-state index is -4.37. The summed E-state index contributed by atoms with van der Waals surface area (Å²) in [6, 6.07) is 5.95. The van der Waals surface area contributed by atoms with E-state index in [4.69, 9.17) is 4.74 Å². The highest BCUT2D eigenvalue weighted by Gasteiger charge is 2.38. The molecule has 2 N–H and O–H groups in total. The standard InChI is InChI=1S/C18H24F3N3O3/c1-2-3-16(25)23-14-6-4-13(5-7-14)10-22-17(26)15-11-27-9-8-24(15)12-18(19,20)21/h4-7,15H,2-3,8-12H2,1H3,(H,22,26)(H,23,25). The molecule has 1 aliphatic heterocycles. The molecule has 0 bridgehead atoms. The predicted octanol–water partition coefficient (Wildman–Crippen LogP) is 2.30. The first kappa shape index (κ1) is 21.2. The molecule has 0 spiro atoms. The van der Waals surface area contributed by atoms with Gasteiger partial charge in [0.05, 0.1) is 19.8 Å². The van der Waals surface area contributed by atoms with E-state index >= 15 is 0 Å². The number of carbonyl (C=O) groups excluding carboxylic acids is 2. The number of anilines is 1. The SMILES string of the molecule is CCCC(=O)Nc1ccc(CNC(=O)C2COCCN2CC(F)(F)F)cc1. The van der Waals surface area contributed by atoms with Crippen LogP contribution < -0.4 is 10.6 Å². The van der Waals surface area contributed by atoms with E-state index in [-0.39, 0.29) is 32.2 Å². The van der Waals surface area contributed by atoms with Gasteiger partial charge in [0.25, 0.3) is 0 Å². The van der Waals surface area contributed by atoms with Gasteiger partial charge < -0.3 is 15.4 Å². The lowest BCUT2D eigenvalue weighted by atomic mass is 10.1. The summed E-state index contributed by atoms with van der Waals surface area (Å²) in [4.78, 5) is 24.9. The second-order valence-corrected chi connectivity index (χ2v) is 6.39. The molecular formula is C18H24F3N3O3. The van der Waals surface area contributed by atoms with Crippen LogP contribution in [0.2, 0.25) is 0 Å². The number of amides is 2. The summed E-state index contributed by atoms with van der Waals surface area (Å²) >= 11 is 0. The molecule has 1 aromatic carbocycles. The van der Waals surface area contributed by atoms with Crippen molar-refractivity contribution in [2.45, 2.75) is 38.5 Å². The summed E-state index contributed by atoms with van der Waals surface area (Å²) in [5.41, 5.74) is 1.43. The third-order valence-corrected chi connectivity index (χ3v) is 4.11. The first-order valence-electron chi connectivity index (χ1n) is 8.83. The number of nitrogens with one attached hydrogen (secondary N) is 2. The molecular weight excluding hydrogens is 363 g/mol. The van der Waals surface area contributed by atoms with Gasteiger partial charge in [0.2, 0.25) is 11.8 Å². The highest BCUT2D eigenvalue weighted by Crippen LogP contribution is 2.20. The summed E-state index contributed by atoms with van der Waals surface area (Å²) in [7, 11) is 0. The van der Waals surface area contributed by atoms with Gasteiger partial charge in [-0.25, -0.2) is 0 Å². The van der Waals surface area contributed by atoms with Crippen LogP contribution in [-0.2, 0) is 20.9 Å². The molecule has 1 aromatic rings. The van der Waals surface area contributed by atoms with Gasteiger partial charge in [0.15, 0.2) is 0 Å². The number of benzene rings is 1. The van der Waals surface area contributed by atoms with E-state index in [1.165, 1.54) is 0 Å². The molecule has 0 aromatic heterocycles. The van der Waals surface area contributed by atoms with Crippen molar-refractivity contribution in [1.29, 1.82) is 0 Å². The third kappa shape index (κ3) is 7.18. The molecule has 1 aliphatic rings.